The molecule has 4 rings (SSSR count). The summed E-state index contributed by atoms with van der Waals surface area (Å²) in [6.45, 7) is 0. The van der Waals surface area contributed by atoms with Crippen molar-refractivity contribution in [1.82, 2.24) is 0 Å². The maximum Gasteiger partial charge on any atom is 0.249 e. The Morgan fingerprint density at radius 2 is 1.52 bits per heavy atom. The Morgan fingerprint density at radius 1 is 0.960 bits per heavy atom. The van der Waals surface area contributed by atoms with Crippen LogP contribution in [0.15, 0.2) is 69.5 Å². The number of benzene rings is 2. The lowest BCUT2D eigenvalue weighted by Gasteiger charge is -1.94. The minimum absolute atomic E-state index is 0. The molecule has 0 amide bonds. The summed E-state index contributed by atoms with van der Waals surface area (Å²) in [6.07, 6.45) is 0. The normalized spacial score (nSPS) is 9.60. The summed E-state index contributed by atoms with van der Waals surface area (Å²) < 4.78 is 15.3. The van der Waals surface area contributed by atoms with Crippen LogP contribution in [0.4, 0.5) is 0 Å². The van der Waals surface area contributed by atoms with Crippen LogP contribution >= 0.6 is 12.4 Å². The van der Waals surface area contributed by atoms with Crippen LogP contribution in [0.3, 0.4) is 0 Å². The summed E-state index contributed by atoms with van der Waals surface area (Å²) in [5, 5.41) is 17.9. The predicted molar refractivity (Wildman–Crippen MR) is 98.2 cm³/mol. The van der Waals surface area contributed by atoms with E-state index in [2.05, 4.69) is 0 Å². The number of furan rings is 2. The Hall–Kier alpha value is -3.23. The van der Waals surface area contributed by atoms with Crippen LogP contribution in [0.5, 0.6) is 0 Å². The summed E-state index contributed by atoms with van der Waals surface area (Å²) in [5.74, 6) is 0.881. The fraction of sp³-hybridized carbons (Fsp3) is 0.0526. The van der Waals surface area contributed by atoms with Gasteiger partial charge in [0, 0.05) is 16.8 Å². The maximum atomic E-state index is 8.49. The van der Waals surface area contributed by atoms with Crippen LogP contribution in [0.1, 0.15) is 11.5 Å². The molecule has 0 saturated heterocycles. The van der Waals surface area contributed by atoms with Crippen molar-refractivity contribution in [3.05, 3.63) is 72.2 Å². The van der Waals surface area contributed by atoms with Crippen LogP contribution < -0.4 is 0 Å². The standard InChI is InChI=1S/C10H9NO2.C9H5NO.ClH/c1-12-10(11)9-6-7-4-2-3-5-8(7)13-9;10-6-8-5-7-3-1-2-4-9(7)11-8;/h2-6,11H,1H3;1-5H;1H. The molecule has 0 radical (unpaired) electrons. The first-order chi connectivity index (χ1) is 11.7. The fourth-order valence-electron chi connectivity index (χ4n) is 2.23. The van der Waals surface area contributed by atoms with Gasteiger partial charge in [0.05, 0.1) is 7.11 Å². The van der Waals surface area contributed by atoms with Crippen molar-refractivity contribution in [3.8, 4) is 6.07 Å². The highest BCUT2D eigenvalue weighted by molar-refractivity contribution is 5.93. The summed E-state index contributed by atoms with van der Waals surface area (Å²) in [4.78, 5) is 0. The minimum Gasteiger partial charge on any atom is -0.479 e. The quantitative estimate of drug-likeness (QED) is 0.379. The second-order valence-corrected chi connectivity index (χ2v) is 4.94. The van der Waals surface area contributed by atoms with Gasteiger partial charge in [0.1, 0.15) is 17.2 Å². The molecule has 2 aromatic carbocycles. The van der Waals surface area contributed by atoms with Crippen LogP contribution in [0.25, 0.3) is 21.9 Å². The first-order valence-electron chi connectivity index (χ1n) is 7.21. The monoisotopic (exact) mass is 354 g/mol. The van der Waals surface area contributed by atoms with E-state index in [0.29, 0.717) is 11.5 Å². The number of hydrogen-bond donors (Lipinski definition) is 1. The third-order valence-electron chi connectivity index (χ3n) is 3.39. The lowest BCUT2D eigenvalue weighted by molar-refractivity contribution is 0.387. The summed E-state index contributed by atoms with van der Waals surface area (Å²) in [6, 6.07) is 20.7. The number of ether oxygens (including phenoxy) is 1. The van der Waals surface area contributed by atoms with Crippen molar-refractivity contribution in [2.75, 3.05) is 7.11 Å². The predicted octanol–water partition coefficient (Wildman–Crippen LogP) is 5.13. The zero-order valence-corrected chi connectivity index (χ0v) is 14.2. The smallest absolute Gasteiger partial charge is 0.249 e. The number of halogens is 1. The van der Waals surface area contributed by atoms with Crippen LogP contribution in [0, 0.1) is 16.7 Å². The van der Waals surface area contributed by atoms with Gasteiger partial charge in [0.2, 0.25) is 11.7 Å². The number of nitrogens with one attached hydrogen (secondary N) is 1. The van der Waals surface area contributed by atoms with E-state index in [-0.39, 0.29) is 18.3 Å². The molecule has 0 aliphatic heterocycles. The molecule has 6 heteroatoms. The minimum atomic E-state index is 0. The van der Waals surface area contributed by atoms with Gasteiger partial charge in [-0.25, -0.2) is 0 Å². The van der Waals surface area contributed by atoms with E-state index in [1.807, 2.05) is 54.6 Å². The molecule has 0 fully saturated rings. The van der Waals surface area contributed by atoms with Gasteiger partial charge < -0.3 is 13.6 Å². The van der Waals surface area contributed by atoms with Gasteiger partial charge in [-0.05, 0) is 18.2 Å². The van der Waals surface area contributed by atoms with Gasteiger partial charge in [-0.2, -0.15) is 5.26 Å². The van der Waals surface area contributed by atoms with Gasteiger partial charge >= 0.3 is 0 Å². The van der Waals surface area contributed by atoms with Crippen molar-refractivity contribution in [2.45, 2.75) is 0 Å². The Morgan fingerprint density at radius 3 is 2.04 bits per heavy atom. The zero-order chi connectivity index (χ0) is 16.9. The summed E-state index contributed by atoms with van der Waals surface area (Å²) in [5.41, 5.74) is 1.54. The van der Waals surface area contributed by atoms with Crippen molar-refractivity contribution in [2.24, 2.45) is 0 Å². The fourth-order valence-corrected chi connectivity index (χ4v) is 2.23. The molecule has 126 valence electrons. The van der Waals surface area contributed by atoms with E-state index < -0.39 is 0 Å². The largest absolute Gasteiger partial charge is 0.479 e. The SMILES string of the molecule is COC(=N)c1cc2ccccc2o1.Cl.N#Cc1cc2ccccc2o1. The summed E-state index contributed by atoms with van der Waals surface area (Å²) >= 11 is 0. The Kier molecular flexibility index (Phi) is 5.83. The highest BCUT2D eigenvalue weighted by Gasteiger charge is 2.07. The number of methoxy groups -OCH3 is 1. The number of nitriles is 1. The third-order valence-corrected chi connectivity index (χ3v) is 3.39. The number of rotatable bonds is 1. The second-order valence-electron chi connectivity index (χ2n) is 4.94. The molecular weight excluding hydrogens is 340 g/mol. The van der Waals surface area contributed by atoms with E-state index in [9.17, 15) is 0 Å². The highest BCUT2D eigenvalue weighted by atomic mass is 35.5. The van der Waals surface area contributed by atoms with Gasteiger partial charge in [-0.1, -0.05) is 36.4 Å². The topological polar surface area (TPSA) is 83.1 Å². The van der Waals surface area contributed by atoms with E-state index in [0.717, 1.165) is 21.9 Å². The Balaban J connectivity index is 0.000000175. The van der Waals surface area contributed by atoms with E-state index >= 15 is 0 Å². The van der Waals surface area contributed by atoms with Crippen molar-refractivity contribution in [1.29, 1.82) is 10.7 Å². The molecular formula is C19H15ClN2O3. The van der Waals surface area contributed by atoms with E-state index in [4.69, 9.17) is 24.2 Å². The highest BCUT2D eigenvalue weighted by Crippen LogP contribution is 2.19. The number of para-hydroxylation sites is 2. The Labute approximate surface area is 150 Å². The van der Waals surface area contributed by atoms with Crippen molar-refractivity contribution in [3.63, 3.8) is 0 Å². The summed E-state index contributed by atoms with van der Waals surface area (Å²) in [7, 11) is 1.45. The Bertz CT molecular complexity index is 977. The van der Waals surface area contributed by atoms with E-state index in [1.165, 1.54) is 7.11 Å². The molecule has 0 saturated carbocycles. The van der Waals surface area contributed by atoms with Gasteiger partial charge in [0.25, 0.3) is 0 Å². The molecule has 0 spiro atoms. The molecule has 1 N–H and O–H groups in total. The molecule has 2 heterocycles. The van der Waals surface area contributed by atoms with Crippen LogP contribution in [-0.4, -0.2) is 13.0 Å². The van der Waals surface area contributed by atoms with E-state index in [1.54, 1.807) is 12.1 Å². The lowest BCUT2D eigenvalue weighted by atomic mass is 10.2. The maximum absolute atomic E-state index is 8.49. The molecule has 0 bridgehead atoms. The second kappa shape index (κ2) is 8.04. The molecule has 0 unspecified atom stereocenters. The van der Waals surface area contributed by atoms with Crippen LogP contribution in [0.2, 0.25) is 0 Å². The molecule has 2 aromatic heterocycles. The van der Waals surface area contributed by atoms with Crippen LogP contribution in [-0.2, 0) is 4.74 Å². The molecule has 5 nitrogen and oxygen atoms in total. The number of fused-ring (bicyclic) bond motifs is 2. The van der Waals surface area contributed by atoms with Gasteiger partial charge in [-0.3, -0.25) is 5.41 Å². The van der Waals surface area contributed by atoms with Gasteiger partial charge in [0.15, 0.2) is 5.76 Å². The molecule has 25 heavy (non-hydrogen) atoms. The van der Waals surface area contributed by atoms with Gasteiger partial charge in [-0.15, -0.1) is 12.4 Å². The third kappa shape index (κ3) is 4.00. The zero-order valence-electron chi connectivity index (χ0n) is 13.4. The van der Waals surface area contributed by atoms with Crippen molar-refractivity contribution < 1.29 is 13.6 Å². The van der Waals surface area contributed by atoms with Crippen molar-refractivity contribution >= 4 is 40.2 Å². The first-order valence-corrected chi connectivity index (χ1v) is 7.21. The lowest BCUT2D eigenvalue weighted by Crippen LogP contribution is -1.98. The average molecular weight is 355 g/mol. The first kappa shape index (κ1) is 18.1. The molecule has 0 aliphatic rings. The molecule has 4 aromatic rings. The number of hydrogen-bond acceptors (Lipinski definition) is 5. The molecule has 0 atom stereocenters. The number of nitrogens with zero attached hydrogens (tertiary/aromatic N) is 1. The molecule has 0 aliphatic carbocycles. The average Bonchev–Trinajstić information content (AvgIpc) is 3.24.